The van der Waals surface area contributed by atoms with Crippen LogP contribution in [-0.4, -0.2) is 62.0 Å². The van der Waals surface area contributed by atoms with Crippen molar-refractivity contribution >= 4 is 11.8 Å². The molecule has 26 heavy (non-hydrogen) atoms. The summed E-state index contributed by atoms with van der Waals surface area (Å²) in [6.45, 7) is 3.65. The van der Waals surface area contributed by atoms with Crippen LogP contribution < -0.4 is 10.1 Å². The summed E-state index contributed by atoms with van der Waals surface area (Å²) in [6.07, 6.45) is 2.55. The lowest BCUT2D eigenvalue weighted by molar-refractivity contribution is -0.137. The lowest BCUT2D eigenvalue weighted by Gasteiger charge is -2.34. The van der Waals surface area contributed by atoms with Gasteiger partial charge in [0.1, 0.15) is 5.75 Å². The van der Waals surface area contributed by atoms with E-state index in [4.69, 9.17) is 4.74 Å². The molecule has 6 nitrogen and oxygen atoms in total. The molecule has 2 heterocycles. The van der Waals surface area contributed by atoms with Crippen molar-refractivity contribution < 1.29 is 14.3 Å². The third-order valence-electron chi connectivity index (χ3n) is 5.42. The third-order valence-corrected chi connectivity index (χ3v) is 5.42. The molecule has 2 fully saturated rings. The maximum atomic E-state index is 12.9. The number of likely N-dealkylation sites (tertiary alicyclic amines) is 2. The van der Waals surface area contributed by atoms with Crippen LogP contribution in [0.25, 0.3) is 0 Å². The quantitative estimate of drug-likeness (QED) is 0.836. The number of hydrogen-bond donors (Lipinski definition) is 1. The first kappa shape index (κ1) is 18.7. The lowest BCUT2D eigenvalue weighted by Crippen LogP contribution is -2.45. The van der Waals surface area contributed by atoms with Gasteiger partial charge in [0.2, 0.25) is 11.8 Å². The number of nitrogens with zero attached hydrogens (tertiary/aromatic N) is 2. The number of piperidine rings is 1. The number of benzene rings is 1. The van der Waals surface area contributed by atoms with Crippen molar-refractivity contribution in [3.8, 4) is 5.75 Å². The molecule has 2 unspecified atom stereocenters. The van der Waals surface area contributed by atoms with Crippen molar-refractivity contribution in [1.82, 2.24) is 15.1 Å². The van der Waals surface area contributed by atoms with Crippen LogP contribution in [0.15, 0.2) is 24.3 Å². The molecule has 0 spiro atoms. The predicted molar refractivity (Wildman–Crippen MR) is 99.7 cm³/mol. The lowest BCUT2D eigenvalue weighted by atomic mass is 9.96. The molecule has 0 radical (unpaired) electrons. The van der Waals surface area contributed by atoms with Crippen molar-refractivity contribution in [3.63, 3.8) is 0 Å². The number of carbonyl (C=O) groups excluding carboxylic acids is 2. The second kappa shape index (κ2) is 8.54. The Morgan fingerprint density at radius 2 is 2.04 bits per heavy atom. The van der Waals surface area contributed by atoms with Crippen LogP contribution in [-0.2, 0) is 16.1 Å². The van der Waals surface area contributed by atoms with Crippen LogP contribution in [0.2, 0.25) is 0 Å². The highest BCUT2D eigenvalue weighted by Gasteiger charge is 2.37. The van der Waals surface area contributed by atoms with Crippen molar-refractivity contribution in [2.45, 2.75) is 25.8 Å². The van der Waals surface area contributed by atoms with E-state index in [1.807, 2.05) is 36.2 Å². The highest BCUT2D eigenvalue weighted by Crippen LogP contribution is 2.25. The van der Waals surface area contributed by atoms with Gasteiger partial charge in [0.15, 0.2) is 0 Å². The van der Waals surface area contributed by atoms with E-state index >= 15 is 0 Å². The average Bonchev–Trinajstić information content (AvgIpc) is 3.03. The largest absolute Gasteiger partial charge is 0.497 e. The zero-order chi connectivity index (χ0) is 18.5. The van der Waals surface area contributed by atoms with Gasteiger partial charge in [-0.3, -0.25) is 9.59 Å². The molecule has 1 N–H and O–H groups in total. The molecule has 0 aliphatic carbocycles. The summed E-state index contributed by atoms with van der Waals surface area (Å²) in [5, 5.41) is 3.21. The minimum atomic E-state index is -0.200. The first-order chi connectivity index (χ1) is 12.6. The zero-order valence-electron chi connectivity index (χ0n) is 15.7. The molecule has 1 aromatic rings. The summed E-state index contributed by atoms with van der Waals surface area (Å²) < 4.78 is 5.17. The minimum Gasteiger partial charge on any atom is -0.497 e. The standard InChI is InChI=1S/C20H29N3O3/c1-21-11-16-4-3-9-22(13-16)20(25)17-10-19(24)23(14-17)12-15-5-7-18(26-2)8-6-15/h5-8,16-17,21H,3-4,9-14H2,1-2H3. The Morgan fingerprint density at radius 1 is 1.27 bits per heavy atom. The molecule has 0 bridgehead atoms. The van der Waals surface area contributed by atoms with Crippen molar-refractivity contribution in [2.24, 2.45) is 11.8 Å². The van der Waals surface area contributed by atoms with E-state index in [0.717, 1.165) is 43.8 Å². The second-order valence-electron chi connectivity index (χ2n) is 7.37. The van der Waals surface area contributed by atoms with Crippen molar-refractivity contribution in [1.29, 1.82) is 0 Å². The van der Waals surface area contributed by atoms with E-state index in [-0.39, 0.29) is 17.7 Å². The predicted octanol–water partition coefficient (Wildman–Crippen LogP) is 1.50. The Balaban J connectivity index is 1.57. The van der Waals surface area contributed by atoms with Gasteiger partial charge in [0, 0.05) is 32.6 Å². The number of hydrogen-bond acceptors (Lipinski definition) is 4. The third kappa shape index (κ3) is 4.36. The fraction of sp³-hybridized carbons (Fsp3) is 0.600. The van der Waals surface area contributed by atoms with E-state index < -0.39 is 0 Å². The summed E-state index contributed by atoms with van der Waals surface area (Å²) in [5.74, 6) is 1.34. The highest BCUT2D eigenvalue weighted by molar-refractivity contribution is 5.89. The van der Waals surface area contributed by atoms with Crippen LogP contribution in [0.5, 0.6) is 5.75 Å². The fourth-order valence-electron chi connectivity index (χ4n) is 4.02. The van der Waals surface area contributed by atoms with Crippen LogP contribution in [0.3, 0.4) is 0 Å². The highest BCUT2D eigenvalue weighted by atomic mass is 16.5. The van der Waals surface area contributed by atoms with Gasteiger partial charge >= 0.3 is 0 Å². The van der Waals surface area contributed by atoms with Crippen LogP contribution in [0.1, 0.15) is 24.8 Å². The number of rotatable bonds is 6. The molecule has 6 heteroatoms. The van der Waals surface area contributed by atoms with E-state index in [1.54, 1.807) is 12.0 Å². The topological polar surface area (TPSA) is 61.9 Å². The number of carbonyl (C=O) groups is 2. The number of ether oxygens (including phenoxy) is 1. The molecule has 142 valence electrons. The van der Waals surface area contributed by atoms with Gasteiger partial charge in [-0.15, -0.1) is 0 Å². The molecule has 2 saturated heterocycles. The van der Waals surface area contributed by atoms with Crippen LogP contribution in [0.4, 0.5) is 0 Å². The molecular formula is C20H29N3O3. The maximum absolute atomic E-state index is 12.9. The summed E-state index contributed by atoms with van der Waals surface area (Å²) in [4.78, 5) is 29.1. The molecule has 1 aromatic carbocycles. The summed E-state index contributed by atoms with van der Waals surface area (Å²) in [6, 6.07) is 7.73. The Morgan fingerprint density at radius 3 is 2.73 bits per heavy atom. The van der Waals surface area contributed by atoms with Gasteiger partial charge in [0.25, 0.3) is 0 Å². The summed E-state index contributed by atoms with van der Waals surface area (Å²) in [7, 11) is 3.59. The number of nitrogens with one attached hydrogen (secondary N) is 1. The Labute approximate surface area is 155 Å². The van der Waals surface area contributed by atoms with Crippen molar-refractivity contribution in [3.05, 3.63) is 29.8 Å². The summed E-state index contributed by atoms with van der Waals surface area (Å²) >= 11 is 0. The molecule has 3 rings (SSSR count). The van der Waals surface area contributed by atoms with Gasteiger partial charge in [-0.25, -0.2) is 0 Å². The Hall–Kier alpha value is -2.08. The SMILES string of the molecule is CNCC1CCCN(C(=O)C2CC(=O)N(Cc3ccc(OC)cc3)C2)C1. The average molecular weight is 359 g/mol. The smallest absolute Gasteiger partial charge is 0.228 e. The molecule has 2 aliphatic heterocycles. The van der Waals surface area contributed by atoms with Gasteiger partial charge in [-0.2, -0.15) is 0 Å². The molecule has 0 saturated carbocycles. The van der Waals surface area contributed by atoms with Gasteiger partial charge in [0.05, 0.1) is 13.0 Å². The van der Waals surface area contributed by atoms with Crippen LogP contribution >= 0.6 is 0 Å². The Bertz CT molecular complexity index is 630. The molecule has 0 aromatic heterocycles. The Kier molecular flexibility index (Phi) is 6.14. The van der Waals surface area contributed by atoms with Crippen molar-refractivity contribution in [2.75, 3.05) is 40.3 Å². The fourth-order valence-corrected chi connectivity index (χ4v) is 4.02. The van der Waals surface area contributed by atoms with Crippen LogP contribution in [0, 0.1) is 11.8 Å². The maximum Gasteiger partial charge on any atom is 0.228 e. The summed E-state index contributed by atoms with van der Waals surface area (Å²) in [5.41, 5.74) is 1.05. The second-order valence-corrected chi connectivity index (χ2v) is 7.37. The normalized spacial score (nSPS) is 23.4. The number of methoxy groups -OCH3 is 1. The van der Waals surface area contributed by atoms with Gasteiger partial charge < -0.3 is 19.9 Å². The molecule has 2 amide bonds. The first-order valence-electron chi connectivity index (χ1n) is 9.44. The van der Waals surface area contributed by atoms with E-state index in [1.165, 1.54) is 0 Å². The molecular weight excluding hydrogens is 330 g/mol. The van der Waals surface area contributed by atoms with E-state index in [2.05, 4.69) is 5.32 Å². The molecule has 2 atom stereocenters. The van der Waals surface area contributed by atoms with Gasteiger partial charge in [-0.1, -0.05) is 12.1 Å². The first-order valence-corrected chi connectivity index (χ1v) is 9.44. The van der Waals surface area contributed by atoms with E-state index in [9.17, 15) is 9.59 Å². The van der Waals surface area contributed by atoms with Gasteiger partial charge in [-0.05, 0) is 50.0 Å². The molecule has 2 aliphatic rings. The zero-order valence-corrected chi connectivity index (χ0v) is 15.7. The monoisotopic (exact) mass is 359 g/mol. The number of amides is 2. The van der Waals surface area contributed by atoms with E-state index in [0.29, 0.717) is 25.4 Å². The minimum absolute atomic E-state index is 0.0722.